The van der Waals surface area contributed by atoms with E-state index >= 15 is 0 Å². The Morgan fingerprint density at radius 3 is 2.85 bits per heavy atom. The number of anilines is 1. The highest BCUT2D eigenvalue weighted by molar-refractivity contribution is 7.99. The van der Waals surface area contributed by atoms with Crippen molar-refractivity contribution in [1.29, 1.82) is 0 Å². The Morgan fingerprint density at radius 1 is 1.35 bits per heavy atom. The number of ether oxygens (including phenoxy) is 1. The van der Waals surface area contributed by atoms with Gasteiger partial charge in [-0.25, -0.2) is 0 Å². The molecule has 6 nitrogen and oxygen atoms in total. The number of phenols is 1. The number of phenolic OH excluding ortho intramolecular Hbond substituents is 1. The molecule has 1 aliphatic rings. The van der Waals surface area contributed by atoms with Crippen molar-refractivity contribution in [1.82, 2.24) is 10.2 Å². The van der Waals surface area contributed by atoms with Crippen LogP contribution < -0.4 is 15.4 Å². The van der Waals surface area contributed by atoms with Crippen molar-refractivity contribution < 1.29 is 14.6 Å². The minimum atomic E-state index is -0.240. The number of amides is 1. The van der Waals surface area contributed by atoms with Crippen LogP contribution in [0.2, 0.25) is 0 Å². The maximum Gasteiger partial charge on any atom is 0.262 e. The van der Waals surface area contributed by atoms with E-state index in [0.717, 1.165) is 37.4 Å². The third-order valence-electron chi connectivity index (χ3n) is 4.46. The van der Waals surface area contributed by atoms with Crippen molar-refractivity contribution in [2.75, 3.05) is 44.4 Å². The average molecular weight is 382 g/mol. The van der Waals surface area contributed by atoms with Crippen LogP contribution >= 0.6 is 11.8 Å². The minimum Gasteiger partial charge on any atom is -0.506 e. The molecule has 2 rings (SSSR count). The average Bonchev–Trinajstić information content (AvgIpc) is 2.61. The molecule has 0 fully saturated rings. The van der Waals surface area contributed by atoms with Gasteiger partial charge in [0.15, 0.2) is 12.4 Å². The molecular formula is C19H31N3O3S. The van der Waals surface area contributed by atoms with Crippen LogP contribution in [0.25, 0.3) is 0 Å². The Morgan fingerprint density at radius 2 is 2.12 bits per heavy atom. The van der Waals surface area contributed by atoms with Crippen molar-refractivity contribution in [2.45, 2.75) is 38.5 Å². The highest BCUT2D eigenvalue weighted by atomic mass is 32.2. The summed E-state index contributed by atoms with van der Waals surface area (Å²) in [6.07, 6.45) is 0.779. The number of likely N-dealkylation sites (N-methyl/N-ethyl adjacent to an activating group) is 1. The van der Waals surface area contributed by atoms with Gasteiger partial charge in [0, 0.05) is 24.9 Å². The van der Waals surface area contributed by atoms with E-state index in [1.54, 1.807) is 6.07 Å². The molecule has 1 aromatic rings. The van der Waals surface area contributed by atoms with Crippen molar-refractivity contribution in [2.24, 2.45) is 0 Å². The van der Waals surface area contributed by atoms with Gasteiger partial charge in [-0.3, -0.25) is 4.79 Å². The van der Waals surface area contributed by atoms with Crippen LogP contribution in [-0.2, 0) is 11.2 Å². The van der Waals surface area contributed by atoms with Gasteiger partial charge >= 0.3 is 0 Å². The zero-order chi connectivity index (χ0) is 19.1. The molecule has 0 aliphatic carbocycles. The van der Waals surface area contributed by atoms with Gasteiger partial charge in [0.2, 0.25) is 0 Å². The zero-order valence-electron chi connectivity index (χ0n) is 16.2. The molecule has 146 valence electrons. The first-order valence-corrected chi connectivity index (χ1v) is 10.2. The van der Waals surface area contributed by atoms with E-state index in [9.17, 15) is 9.90 Å². The third kappa shape index (κ3) is 6.07. The molecule has 0 aromatic heterocycles. The standard InChI is InChI=1S/C19H31N3O3S/c1-13(2)26-12-14(3)22(4)10-9-20-8-7-15-5-6-16(23)18-19(15)25-11-17(24)21-18/h5-6,13-14,20,23H,7-12H2,1-4H3,(H,21,24). The molecule has 26 heavy (non-hydrogen) atoms. The Labute approximate surface area is 160 Å². The fraction of sp³-hybridized carbons (Fsp3) is 0.632. The van der Waals surface area contributed by atoms with Gasteiger partial charge in [0.25, 0.3) is 5.91 Å². The van der Waals surface area contributed by atoms with Crippen molar-refractivity contribution in [3.8, 4) is 11.5 Å². The van der Waals surface area contributed by atoms with Crippen LogP contribution in [0.15, 0.2) is 12.1 Å². The number of rotatable bonds is 10. The van der Waals surface area contributed by atoms with Crippen LogP contribution in [0.1, 0.15) is 26.3 Å². The normalized spacial score (nSPS) is 14.9. The minimum absolute atomic E-state index is 0.00600. The first-order valence-electron chi connectivity index (χ1n) is 9.18. The van der Waals surface area contributed by atoms with E-state index in [-0.39, 0.29) is 18.3 Å². The summed E-state index contributed by atoms with van der Waals surface area (Å²) < 4.78 is 5.51. The summed E-state index contributed by atoms with van der Waals surface area (Å²) in [6.45, 7) is 9.46. The second-order valence-corrected chi connectivity index (χ2v) is 8.61. The summed E-state index contributed by atoms with van der Waals surface area (Å²) >= 11 is 2.00. The molecule has 3 N–H and O–H groups in total. The number of nitrogens with zero attached hydrogens (tertiary/aromatic N) is 1. The molecule has 7 heteroatoms. The predicted molar refractivity (Wildman–Crippen MR) is 108 cm³/mol. The number of aromatic hydroxyl groups is 1. The summed E-state index contributed by atoms with van der Waals surface area (Å²) in [5.74, 6) is 1.54. The number of fused-ring (bicyclic) bond motifs is 1. The number of benzene rings is 1. The number of thioether (sulfide) groups is 1. The van der Waals surface area contributed by atoms with Gasteiger partial charge in [-0.1, -0.05) is 19.9 Å². The van der Waals surface area contributed by atoms with E-state index in [4.69, 9.17) is 4.74 Å². The van der Waals surface area contributed by atoms with E-state index < -0.39 is 0 Å². The molecule has 1 unspecified atom stereocenters. The van der Waals surface area contributed by atoms with Crippen LogP contribution in [0.3, 0.4) is 0 Å². The number of nitrogens with one attached hydrogen (secondary N) is 2. The summed E-state index contributed by atoms with van der Waals surface area (Å²) in [5, 5.41) is 16.7. The molecule has 0 saturated heterocycles. The molecule has 0 bridgehead atoms. The van der Waals surface area contributed by atoms with Gasteiger partial charge in [-0.05, 0) is 43.8 Å². The molecule has 1 aromatic carbocycles. The van der Waals surface area contributed by atoms with Gasteiger partial charge in [-0.2, -0.15) is 11.8 Å². The Balaban J connectivity index is 1.74. The van der Waals surface area contributed by atoms with Crippen LogP contribution in [0.4, 0.5) is 5.69 Å². The molecule has 1 amide bonds. The van der Waals surface area contributed by atoms with Gasteiger partial charge in [0.05, 0.1) is 0 Å². The maximum atomic E-state index is 11.4. The summed E-state index contributed by atoms with van der Waals surface area (Å²) in [5.41, 5.74) is 1.37. The fourth-order valence-electron chi connectivity index (χ4n) is 2.69. The summed E-state index contributed by atoms with van der Waals surface area (Å²) in [6, 6.07) is 4.01. The van der Waals surface area contributed by atoms with E-state index in [2.05, 4.69) is 43.4 Å². The lowest BCUT2D eigenvalue weighted by molar-refractivity contribution is -0.118. The number of hydrogen-bond acceptors (Lipinski definition) is 6. The van der Waals surface area contributed by atoms with Crippen molar-refractivity contribution >= 4 is 23.4 Å². The fourth-order valence-corrected chi connectivity index (χ4v) is 3.61. The van der Waals surface area contributed by atoms with E-state index in [1.807, 2.05) is 17.8 Å². The second-order valence-electron chi connectivity index (χ2n) is 7.00. The zero-order valence-corrected chi connectivity index (χ0v) is 17.0. The summed E-state index contributed by atoms with van der Waals surface area (Å²) in [4.78, 5) is 13.8. The lowest BCUT2D eigenvalue weighted by atomic mass is 10.1. The molecule has 0 radical (unpaired) electrons. The van der Waals surface area contributed by atoms with Crippen molar-refractivity contribution in [3.63, 3.8) is 0 Å². The predicted octanol–water partition coefficient (Wildman–Crippen LogP) is 2.32. The highest BCUT2D eigenvalue weighted by Crippen LogP contribution is 2.39. The topological polar surface area (TPSA) is 73.8 Å². The molecular weight excluding hydrogens is 350 g/mol. The van der Waals surface area contributed by atoms with Crippen molar-refractivity contribution in [3.05, 3.63) is 17.7 Å². The third-order valence-corrected chi connectivity index (χ3v) is 5.81. The second kappa shape index (κ2) is 10.0. The van der Waals surface area contributed by atoms with Crippen LogP contribution in [0, 0.1) is 0 Å². The molecule has 1 heterocycles. The lowest BCUT2D eigenvalue weighted by Gasteiger charge is -2.25. The highest BCUT2D eigenvalue weighted by Gasteiger charge is 2.22. The molecule has 1 aliphatic heterocycles. The smallest absolute Gasteiger partial charge is 0.262 e. The Hall–Kier alpha value is -1.44. The molecule has 1 atom stereocenters. The van der Waals surface area contributed by atoms with Crippen LogP contribution in [0.5, 0.6) is 11.5 Å². The number of hydrogen-bond donors (Lipinski definition) is 3. The number of carbonyl (C=O) groups excluding carboxylic acids is 1. The molecule has 0 saturated carbocycles. The Kier molecular flexibility index (Phi) is 8.06. The van der Waals surface area contributed by atoms with E-state index in [0.29, 0.717) is 22.7 Å². The SMILES string of the molecule is CC(C)SCC(C)N(C)CCNCCc1ccc(O)c2c1OCC(=O)N2. The van der Waals surface area contributed by atoms with E-state index in [1.165, 1.54) is 0 Å². The summed E-state index contributed by atoms with van der Waals surface area (Å²) in [7, 11) is 2.17. The maximum absolute atomic E-state index is 11.4. The lowest BCUT2D eigenvalue weighted by Crippen LogP contribution is -2.37. The number of carbonyl (C=O) groups is 1. The first-order chi connectivity index (χ1) is 12.4. The van der Waals surface area contributed by atoms with Crippen LogP contribution in [-0.4, -0.2) is 66.2 Å². The monoisotopic (exact) mass is 381 g/mol. The first kappa shape index (κ1) is 20.9. The Bertz CT molecular complexity index is 610. The van der Waals surface area contributed by atoms with Gasteiger partial charge < -0.3 is 25.4 Å². The van der Waals surface area contributed by atoms with Gasteiger partial charge in [0.1, 0.15) is 11.4 Å². The quantitative estimate of drug-likeness (QED) is 0.427. The van der Waals surface area contributed by atoms with Gasteiger partial charge in [-0.15, -0.1) is 0 Å². The molecule has 0 spiro atoms. The largest absolute Gasteiger partial charge is 0.506 e.